The van der Waals surface area contributed by atoms with Gasteiger partial charge in [0.25, 0.3) is 0 Å². The zero-order valence-corrected chi connectivity index (χ0v) is 9.73. The molecule has 4 nitrogen and oxygen atoms in total. The minimum absolute atomic E-state index is 0.00692. The van der Waals surface area contributed by atoms with Gasteiger partial charge in [-0.3, -0.25) is 9.78 Å². The number of fused-ring (bicyclic) bond motifs is 1. The van der Waals surface area contributed by atoms with Crippen LogP contribution < -0.4 is 4.74 Å². The maximum atomic E-state index is 10.8. The predicted molar refractivity (Wildman–Crippen MR) is 64.4 cm³/mol. The van der Waals surface area contributed by atoms with E-state index in [1.54, 1.807) is 25.4 Å². The summed E-state index contributed by atoms with van der Waals surface area (Å²) in [6.45, 7) is 1.94. The molecule has 1 aromatic heterocycles. The number of rotatable bonds is 3. The highest BCUT2D eigenvalue weighted by molar-refractivity contribution is 5.92. The van der Waals surface area contributed by atoms with Gasteiger partial charge in [0.15, 0.2) is 0 Å². The van der Waals surface area contributed by atoms with Crippen molar-refractivity contribution in [2.75, 3.05) is 7.11 Å². The van der Waals surface area contributed by atoms with Crippen LogP contribution in [0.3, 0.4) is 0 Å². The average Bonchev–Trinajstić information content (AvgIpc) is 2.28. The highest BCUT2D eigenvalue weighted by Gasteiger charge is 2.11. The Balaban J connectivity index is 2.74. The third-order valence-electron chi connectivity index (χ3n) is 2.71. The predicted octanol–water partition coefficient (Wildman–Crippen LogP) is 2.18. The first kappa shape index (κ1) is 11.4. The van der Waals surface area contributed by atoms with Gasteiger partial charge in [0.2, 0.25) is 0 Å². The standard InChI is InChI=1S/C13H13NO3/c1-8-5-6-14-13-10(17-2)4-3-9(12(8)13)7-11(15)16/h3-6H,7H2,1-2H3,(H,15,16). The highest BCUT2D eigenvalue weighted by atomic mass is 16.5. The third kappa shape index (κ3) is 2.06. The molecule has 0 aliphatic heterocycles. The average molecular weight is 231 g/mol. The molecule has 2 rings (SSSR count). The second-order valence-corrected chi connectivity index (χ2v) is 3.85. The fraction of sp³-hybridized carbons (Fsp3) is 0.231. The molecule has 88 valence electrons. The third-order valence-corrected chi connectivity index (χ3v) is 2.71. The Bertz CT molecular complexity index is 578. The van der Waals surface area contributed by atoms with Crippen LogP contribution in [0.15, 0.2) is 24.4 Å². The molecule has 17 heavy (non-hydrogen) atoms. The SMILES string of the molecule is COc1ccc(CC(=O)O)c2c(C)ccnc12. The molecule has 0 amide bonds. The normalized spacial score (nSPS) is 10.5. The Hall–Kier alpha value is -2.10. The second kappa shape index (κ2) is 4.41. The fourth-order valence-corrected chi connectivity index (χ4v) is 1.96. The van der Waals surface area contributed by atoms with Crippen molar-refractivity contribution in [3.8, 4) is 5.75 Å². The highest BCUT2D eigenvalue weighted by Crippen LogP contribution is 2.29. The van der Waals surface area contributed by atoms with Crippen LogP contribution in [0.25, 0.3) is 10.9 Å². The molecule has 0 unspecified atom stereocenters. The van der Waals surface area contributed by atoms with E-state index in [9.17, 15) is 4.79 Å². The fourth-order valence-electron chi connectivity index (χ4n) is 1.96. The van der Waals surface area contributed by atoms with Crippen molar-refractivity contribution >= 4 is 16.9 Å². The van der Waals surface area contributed by atoms with E-state index in [-0.39, 0.29) is 6.42 Å². The van der Waals surface area contributed by atoms with Gasteiger partial charge < -0.3 is 9.84 Å². The summed E-state index contributed by atoms with van der Waals surface area (Å²) >= 11 is 0. The summed E-state index contributed by atoms with van der Waals surface area (Å²) < 4.78 is 5.23. The second-order valence-electron chi connectivity index (χ2n) is 3.85. The number of aliphatic carboxylic acids is 1. The first-order chi connectivity index (χ1) is 8.13. The lowest BCUT2D eigenvalue weighted by molar-refractivity contribution is -0.136. The number of hydrogen-bond acceptors (Lipinski definition) is 3. The van der Waals surface area contributed by atoms with Crippen LogP contribution in [0.5, 0.6) is 5.75 Å². The van der Waals surface area contributed by atoms with E-state index in [1.165, 1.54) is 0 Å². The zero-order chi connectivity index (χ0) is 12.4. The molecule has 0 radical (unpaired) electrons. The first-order valence-corrected chi connectivity index (χ1v) is 5.26. The Labute approximate surface area is 98.9 Å². The Kier molecular flexibility index (Phi) is 2.95. The summed E-state index contributed by atoms with van der Waals surface area (Å²) in [4.78, 5) is 15.1. The number of ether oxygens (including phenoxy) is 1. The van der Waals surface area contributed by atoms with Crippen molar-refractivity contribution in [1.82, 2.24) is 4.98 Å². The van der Waals surface area contributed by atoms with Crippen molar-refractivity contribution in [3.05, 3.63) is 35.5 Å². The van der Waals surface area contributed by atoms with Crippen LogP contribution in [0.1, 0.15) is 11.1 Å². The molecule has 1 heterocycles. The van der Waals surface area contributed by atoms with E-state index in [0.29, 0.717) is 11.3 Å². The number of nitrogens with zero attached hydrogens (tertiary/aromatic N) is 1. The van der Waals surface area contributed by atoms with Gasteiger partial charge in [0.05, 0.1) is 13.5 Å². The van der Waals surface area contributed by atoms with Crippen LogP contribution in [0.2, 0.25) is 0 Å². The monoisotopic (exact) mass is 231 g/mol. The van der Waals surface area contributed by atoms with Crippen LogP contribution in [0, 0.1) is 6.92 Å². The molecule has 1 N–H and O–H groups in total. The maximum Gasteiger partial charge on any atom is 0.307 e. The van der Waals surface area contributed by atoms with Gasteiger partial charge in [-0.05, 0) is 30.2 Å². The van der Waals surface area contributed by atoms with E-state index in [2.05, 4.69) is 4.98 Å². The Morgan fingerprint density at radius 1 is 1.41 bits per heavy atom. The lowest BCUT2D eigenvalue weighted by Gasteiger charge is -2.10. The molecular formula is C13H13NO3. The van der Waals surface area contributed by atoms with Crippen molar-refractivity contribution < 1.29 is 14.6 Å². The van der Waals surface area contributed by atoms with Crippen LogP contribution in [-0.2, 0) is 11.2 Å². The molecule has 4 heteroatoms. The Morgan fingerprint density at radius 2 is 2.18 bits per heavy atom. The van der Waals surface area contributed by atoms with Gasteiger partial charge in [-0.1, -0.05) is 6.07 Å². The van der Waals surface area contributed by atoms with Crippen molar-refractivity contribution in [1.29, 1.82) is 0 Å². The molecular weight excluding hydrogens is 218 g/mol. The van der Waals surface area contributed by atoms with Gasteiger partial charge in [-0.15, -0.1) is 0 Å². The summed E-state index contributed by atoms with van der Waals surface area (Å²) in [6.07, 6.45) is 1.69. The first-order valence-electron chi connectivity index (χ1n) is 5.26. The number of carboxylic acid groups (broad SMARTS) is 1. The maximum absolute atomic E-state index is 10.8. The smallest absolute Gasteiger partial charge is 0.307 e. The molecule has 1 aromatic carbocycles. The van der Waals surface area contributed by atoms with Gasteiger partial charge >= 0.3 is 5.97 Å². The topological polar surface area (TPSA) is 59.4 Å². The number of methoxy groups -OCH3 is 1. The van der Waals surface area contributed by atoms with E-state index in [1.807, 2.05) is 13.0 Å². The van der Waals surface area contributed by atoms with E-state index in [0.717, 1.165) is 16.5 Å². The summed E-state index contributed by atoms with van der Waals surface area (Å²) in [5, 5.41) is 9.76. The molecule has 0 spiro atoms. The number of aromatic nitrogens is 1. The molecule has 0 bridgehead atoms. The Morgan fingerprint density at radius 3 is 2.82 bits per heavy atom. The molecule has 2 aromatic rings. The van der Waals surface area contributed by atoms with E-state index >= 15 is 0 Å². The number of benzene rings is 1. The number of pyridine rings is 1. The molecule has 0 saturated carbocycles. The number of carbonyl (C=O) groups is 1. The molecule has 0 aliphatic rings. The van der Waals surface area contributed by atoms with Crippen LogP contribution in [-0.4, -0.2) is 23.2 Å². The summed E-state index contributed by atoms with van der Waals surface area (Å²) in [5.41, 5.74) is 2.48. The van der Waals surface area contributed by atoms with Crippen molar-refractivity contribution in [3.63, 3.8) is 0 Å². The zero-order valence-electron chi connectivity index (χ0n) is 9.73. The van der Waals surface area contributed by atoms with Gasteiger partial charge in [-0.2, -0.15) is 0 Å². The quantitative estimate of drug-likeness (QED) is 0.879. The van der Waals surface area contributed by atoms with Gasteiger partial charge in [0.1, 0.15) is 11.3 Å². The largest absolute Gasteiger partial charge is 0.494 e. The summed E-state index contributed by atoms with van der Waals surface area (Å²) in [5.74, 6) is -0.183. The van der Waals surface area contributed by atoms with E-state index in [4.69, 9.17) is 9.84 Å². The van der Waals surface area contributed by atoms with Crippen LogP contribution >= 0.6 is 0 Å². The lowest BCUT2D eigenvalue weighted by atomic mass is 10.0. The molecule has 0 fully saturated rings. The van der Waals surface area contributed by atoms with Gasteiger partial charge in [-0.25, -0.2) is 0 Å². The minimum atomic E-state index is -0.847. The molecule has 0 atom stereocenters. The van der Waals surface area contributed by atoms with Crippen LogP contribution in [0.4, 0.5) is 0 Å². The van der Waals surface area contributed by atoms with Gasteiger partial charge in [0, 0.05) is 11.6 Å². The summed E-state index contributed by atoms with van der Waals surface area (Å²) in [7, 11) is 1.58. The minimum Gasteiger partial charge on any atom is -0.494 e. The molecule has 0 saturated heterocycles. The van der Waals surface area contributed by atoms with Crippen molar-refractivity contribution in [2.24, 2.45) is 0 Å². The lowest BCUT2D eigenvalue weighted by Crippen LogP contribution is -2.02. The number of hydrogen-bond donors (Lipinski definition) is 1. The molecule has 0 aliphatic carbocycles. The summed E-state index contributed by atoms with van der Waals surface area (Å²) in [6, 6.07) is 5.41. The number of aryl methyl sites for hydroxylation is 1. The number of carboxylic acids is 1. The van der Waals surface area contributed by atoms with Crippen molar-refractivity contribution in [2.45, 2.75) is 13.3 Å². The van der Waals surface area contributed by atoms with E-state index < -0.39 is 5.97 Å².